The van der Waals surface area contributed by atoms with E-state index in [0.29, 0.717) is 0 Å². The van der Waals surface area contributed by atoms with Crippen molar-refractivity contribution in [1.29, 1.82) is 0 Å². The van der Waals surface area contributed by atoms with Crippen LogP contribution in [0.15, 0.2) is 18.2 Å². The summed E-state index contributed by atoms with van der Waals surface area (Å²) in [6, 6.07) is 6.55. The average Bonchev–Trinajstić information content (AvgIpc) is 2.45. The van der Waals surface area contributed by atoms with Gasteiger partial charge in [0, 0.05) is 30.4 Å². The third-order valence-corrected chi connectivity index (χ3v) is 3.97. The van der Waals surface area contributed by atoms with Crippen molar-refractivity contribution in [3.63, 3.8) is 0 Å². The SMILES string of the molecule is CCNC(C)c1c(OC)cccc1N1CCOC(C)(C)C1. The Labute approximate surface area is 128 Å². The van der Waals surface area contributed by atoms with Crippen LogP contribution in [0, 0.1) is 0 Å². The lowest BCUT2D eigenvalue weighted by molar-refractivity contribution is -0.0277. The van der Waals surface area contributed by atoms with Gasteiger partial charge in [-0.15, -0.1) is 0 Å². The van der Waals surface area contributed by atoms with Gasteiger partial charge in [0.25, 0.3) is 0 Å². The molecular weight excluding hydrogens is 264 g/mol. The van der Waals surface area contributed by atoms with E-state index < -0.39 is 0 Å². The summed E-state index contributed by atoms with van der Waals surface area (Å²) in [5.41, 5.74) is 2.37. The fourth-order valence-corrected chi connectivity index (χ4v) is 3.05. The molecule has 118 valence electrons. The molecule has 1 aromatic carbocycles. The molecule has 4 heteroatoms. The molecule has 0 radical (unpaired) electrons. The smallest absolute Gasteiger partial charge is 0.125 e. The van der Waals surface area contributed by atoms with Gasteiger partial charge in [0.2, 0.25) is 0 Å². The van der Waals surface area contributed by atoms with Crippen LogP contribution in [0.4, 0.5) is 5.69 Å². The highest BCUT2D eigenvalue weighted by molar-refractivity contribution is 5.61. The third kappa shape index (κ3) is 3.69. The number of benzene rings is 1. The van der Waals surface area contributed by atoms with E-state index in [-0.39, 0.29) is 11.6 Å². The van der Waals surface area contributed by atoms with Gasteiger partial charge in [-0.25, -0.2) is 0 Å². The van der Waals surface area contributed by atoms with E-state index in [1.165, 1.54) is 11.3 Å². The molecule has 1 aliphatic heterocycles. The molecule has 1 N–H and O–H groups in total. The van der Waals surface area contributed by atoms with Crippen molar-refractivity contribution in [2.24, 2.45) is 0 Å². The molecule has 2 rings (SSSR count). The molecule has 0 aliphatic carbocycles. The average molecular weight is 292 g/mol. The highest BCUT2D eigenvalue weighted by Gasteiger charge is 2.29. The highest BCUT2D eigenvalue weighted by atomic mass is 16.5. The van der Waals surface area contributed by atoms with Crippen molar-refractivity contribution in [2.45, 2.75) is 39.3 Å². The Balaban J connectivity index is 2.38. The van der Waals surface area contributed by atoms with Crippen LogP contribution in [0.1, 0.15) is 39.3 Å². The normalized spacial score (nSPS) is 19.4. The number of rotatable bonds is 5. The van der Waals surface area contributed by atoms with E-state index >= 15 is 0 Å². The molecule has 1 unspecified atom stereocenters. The van der Waals surface area contributed by atoms with E-state index in [1.807, 2.05) is 6.07 Å². The van der Waals surface area contributed by atoms with Crippen LogP contribution in [-0.2, 0) is 4.74 Å². The van der Waals surface area contributed by atoms with E-state index in [9.17, 15) is 0 Å². The van der Waals surface area contributed by atoms with Crippen molar-refractivity contribution >= 4 is 5.69 Å². The second-order valence-corrected chi connectivity index (χ2v) is 6.20. The second kappa shape index (κ2) is 6.67. The molecule has 1 heterocycles. The molecule has 0 saturated carbocycles. The predicted octanol–water partition coefficient (Wildman–Crippen LogP) is 2.98. The Morgan fingerprint density at radius 1 is 1.43 bits per heavy atom. The van der Waals surface area contributed by atoms with Crippen molar-refractivity contribution in [3.8, 4) is 5.75 Å². The lowest BCUT2D eigenvalue weighted by atomic mass is 10.0. The summed E-state index contributed by atoms with van der Waals surface area (Å²) in [5, 5.41) is 3.50. The molecule has 1 saturated heterocycles. The van der Waals surface area contributed by atoms with Gasteiger partial charge >= 0.3 is 0 Å². The van der Waals surface area contributed by atoms with Crippen molar-refractivity contribution in [3.05, 3.63) is 23.8 Å². The zero-order chi connectivity index (χ0) is 15.5. The summed E-state index contributed by atoms with van der Waals surface area (Å²) >= 11 is 0. The largest absolute Gasteiger partial charge is 0.496 e. The minimum absolute atomic E-state index is 0.111. The van der Waals surface area contributed by atoms with Crippen LogP contribution >= 0.6 is 0 Å². The first-order chi connectivity index (χ1) is 9.98. The minimum atomic E-state index is -0.111. The first-order valence-electron chi connectivity index (χ1n) is 7.77. The van der Waals surface area contributed by atoms with Gasteiger partial charge in [0.05, 0.1) is 19.3 Å². The standard InChI is InChI=1S/C17H28N2O2/c1-6-18-13(2)16-14(8-7-9-15(16)20-5)19-10-11-21-17(3,4)12-19/h7-9,13,18H,6,10-12H2,1-5H3. The molecule has 1 fully saturated rings. The van der Waals surface area contributed by atoms with Crippen LogP contribution < -0.4 is 15.0 Å². The van der Waals surface area contributed by atoms with Crippen LogP contribution in [-0.4, -0.2) is 39.0 Å². The number of hydrogen-bond donors (Lipinski definition) is 1. The number of morpholine rings is 1. The number of methoxy groups -OCH3 is 1. The number of hydrogen-bond acceptors (Lipinski definition) is 4. The summed E-state index contributed by atoms with van der Waals surface area (Å²) in [5.74, 6) is 0.949. The molecule has 21 heavy (non-hydrogen) atoms. The van der Waals surface area contributed by atoms with Crippen LogP contribution in [0.3, 0.4) is 0 Å². The zero-order valence-electron chi connectivity index (χ0n) is 13.9. The van der Waals surface area contributed by atoms with Gasteiger partial charge in [-0.3, -0.25) is 0 Å². The van der Waals surface area contributed by atoms with E-state index in [1.54, 1.807) is 7.11 Å². The number of nitrogens with zero attached hydrogens (tertiary/aromatic N) is 1. The molecule has 4 nitrogen and oxygen atoms in total. The van der Waals surface area contributed by atoms with Gasteiger partial charge in [-0.2, -0.15) is 0 Å². The van der Waals surface area contributed by atoms with Gasteiger partial charge in [0.15, 0.2) is 0 Å². The number of nitrogens with one attached hydrogen (secondary N) is 1. The van der Waals surface area contributed by atoms with Crippen molar-refractivity contribution in [1.82, 2.24) is 5.32 Å². The molecule has 0 bridgehead atoms. The predicted molar refractivity (Wildman–Crippen MR) is 87.3 cm³/mol. The van der Waals surface area contributed by atoms with E-state index in [2.05, 4.69) is 50.0 Å². The Morgan fingerprint density at radius 2 is 2.19 bits per heavy atom. The Morgan fingerprint density at radius 3 is 2.81 bits per heavy atom. The van der Waals surface area contributed by atoms with E-state index in [0.717, 1.165) is 32.0 Å². The third-order valence-electron chi connectivity index (χ3n) is 3.97. The van der Waals surface area contributed by atoms with Crippen LogP contribution in [0.5, 0.6) is 5.75 Å². The fraction of sp³-hybridized carbons (Fsp3) is 0.647. The minimum Gasteiger partial charge on any atom is -0.496 e. The summed E-state index contributed by atoms with van der Waals surface area (Å²) in [4.78, 5) is 2.41. The molecule has 0 amide bonds. The quantitative estimate of drug-likeness (QED) is 0.904. The summed E-state index contributed by atoms with van der Waals surface area (Å²) in [6.07, 6.45) is 0. The number of ether oxygens (including phenoxy) is 2. The molecular formula is C17H28N2O2. The molecule has 0 aromatic heterocycles. The van der Waals surface area contributed by atoms with Crippen LogP contribution in [0.2, 0.25) is 0 Å². The molecule has 1 aliphatic rings. The maximum atomic E-state index is 5.83. The summed E-state index contributed by atoms with van der Waals surface area (Å²) in [7, 11) is 1.74. The maximum absolute atomic E-state index is 5.83. The number of anilines is 1. The fourth-order valence-electron chi connectivity index (χ4n) is 3.05. The monoisotopic (exact) mass is 292 g/mol. The first kappa shape index (κ1) is 16.1. The maximum Gasteiger partial charge on any atom is 0.125 e. The van der Waals surface area contributed by atoms with Gasteiger partial charge < -0.3 is 19.7 Å². The lowest BCUT2D eigenvalue weighted by Gasteiger charge is -2.41. The molecule has 0 spiro atoms. The lowest BCUT2D eigenvalue weighted by Crippen LogP contribution is -2.48. The Bertz CT molecular complexity index is 474. The topological polar surface area (TPSA) is 33.7 Å². The summed E-state index contributed by atoms with van der Waals surface area (Å²) in [6.45, 7) is 12.1. The van der Waals surface area contributed by atoms with Gasteiger partial charge in [-0.05, 0) is 39.4 Å². The highest BCUT2D eigenvalue weighted by Crippen LogP contribution is 2.36. The molecule has 1 atom stereocenters. The van der Waals surface area contributed by atoms with Gasteiger partial charge in [0.1, 0.15) is 5.75 Å². The van der Waals surface area contributed by atoms with E-state index in [4.69, 9.17) is 9.47 Å². The van der Waals surface area contributed by atoms with Crippen LogP contribution in [0.25, 0.3) is 0 Å². The summed E-state index contributed by atoms with van der Waals surface area (Å²) < 4.78 is 11.4. The van der Waals surface area contributed by atoms with Crippen molar-refractivity contribution < 1.29 is 9.47 Å². The first-order valence-corrected chi connectivity index (χ1v) is 7.77. The Hall–Kier alpha value is -1.26. The Kier molecular flexibility index (Phi) is 5.12. The van der Waals surface area contributed by atoms with Gasteiger partial charge in [-0.1, -0.05) is 13.0 Å². The molecule has 1 aromatic rings. The second-order valence-electron chi connectivity index (χ2n) is 6.20. The zero-order valence-corrected chi connectivity index (χ0v) is 13.9. The van der Waals surface area contributed by atoms with Crippen molar-refractivity contribution in [2.75, 3.05) is 38.3 Å².